The van der Waals surface area contributed by atoms with Gasteiger partial charge in [-0.25, -0.2) is 14.6 Å². The first kappa shape index (κ1) is 20.2. The number of aliphatic carboxylic acids is 1. The Bertz CT molecular complexity index is 986. The van der Waals surface area contributed by atoms with Crippen molar-refractivity contribution in [1.82, 2.24) is 9.55 Å². The number of aromatic nitrogens is 2. The molecular weight excluding hydrogens is 389 g/mol. The highest BCUT2D eigenvalue weighted by atomic mass is 35.5. The average molecular weight is 401 g/mol. The van der Waals surface area contributed by atoms with Crippen molar-refractivity contribution in [2.75, 3.05) is 0 Å². The van der Waals surface area contributed by atoms with Gasteiger partial charge in [0.25, 0.3) is 0 Å². The molecule has 0 atom stereocenters. The number of aromatic carboxylic acids is 1. The second kappa shape index (κ2) is 8.09. The third kappa shape index (κ3) is 4.98. The van der Waals surface area contributed by atoms with Gasteiger partial charge in [0, 0.05) is 22.7 Å². The molecule has 0 saturated heterocycles. The van der Waals surface area contributed by atoms with Gasteiger partial charge >= 0.3 is 18.1 Å². The molecule has 0 unspecified atom stereocenters. The minimum atomic E-state index is -5.08. The summed E-state index contributed by atoms with van der Waals surface area (Å²) in [6.07, 6.45) is -3.47. The van der Waals surface area contributed by atoms with Crippen LogP contribution in [0.2, 0.25) is 5.15 Å². The molecular formula is C17H12ClF3N2O4. The summed E-state index contributed by atoms with van der Waals surface area (Å²) in [4.78, 5) is 24.3. The molecule has 0 aliphatic heterocycles. The van der Waals surface area contributed by atoms with Crippen LogP contribution in [-0.4, -0.2) is 37.9 Å². The number of halogens is 4. The number of hydrogen-bond donors (Lipinski definition) is 2. The zero-order chi connectivity index (χ0) is 20.2. The second-order valence-electron chi connectivity index (χ2n) is 5.24. The Morgan fingerprint density at radius 3 is 2.30 bits per heavy atom. The van der Waals surface area contributed by atoms with Crippen molar-refractivity contribution in [3.63, 3.8) is 0 Å². The van der Waals surface area contributed by atoms with Crippen molar-refractivity contribution in [2.24, 2.45) is 0 Å². The molecule has 3 rings (SSSR count). The van der Waals surface area contributed by atoms with Gasteiger partial charge in [-0.3, -0.25) is 0 Å². The van der Waals surface area contributed by atoms with Crippen LogP contribution in [0.15, 0.2) is 48.7 Å². The fourth-order valence-electron chi connectivity index (χ4n) is 2.27. The summed E-state index contributed by atoms with van der Waals surface area (Å²) < 4.78 is 33.5. The van der Waals surface area contributed by atoms with Crippen LogP contribution in [0.25, 0.3) is 10.9 Å². The van der Waals surface area contributed by atoms with Gasteiger partial charge in [0.2, 0.25) is 0 Å². The summed E-state index contributed by atoms with van der Waals surface area (Å²) in [5.74, 6) is -3.71. The first-order chi connectivity index (χ1) is 12.6. The van der Waals surface area contributed by atoms with E-state index in [0.29, 0.717) is 11.7 Å². The lowest BCUT2D eigenvalue weighted by Crippen LogP contribution is -2.21. The molecule has 0 aliphatic carbocycles. The summed E-state index contributed by atoms with van der Waals surface area (Å²) in [7, 11) is 0. The third-order valence-electron chi connectivity index (χ3n) is 3.44. The number of pyridine rings is 1. The van der Waals surface area contributed by atoms with Gasteiger partial charge in [-0.1, -0.05) is 35.9 Å². The Kier molecular flexibility index (Phi) is 6.06. The molecule has 0 spiro atoms. The molecule has 6 nitrogen and oxygen atoms in total. The first-order valence-corrected chi connectivity index (χ1v) is 7.70. The van der Waals surface area contributed by atoms with Crippen LogP contribution in [0.4, 0.5) is 13.2 Å². The van der Waals surface area contributed by atoms with E-state index in [9.17, 15) is 23.1 Å². The van der Waals surface area contributed by atoms with Crippen molar-refractivity contribution < 1.29 is 33.0 Å². The maximum absolute atomic E-state index is 11.4. The normalized spacial score (nSPS) is 11.0. The quantitative estimate of drug-likeness (QED) is 0.646. The zero-order valence-corrected chi connectivity index (χ0v) is 14.2. The van der Waals surface area contributed by atoms with Crippen LogP contribution in [0.5, 0.6) is 0 Å². The largest absolute Gasteiger partial charge is 0.490 e. The molecule has 142 valence electrons. The number of carbonyl (C=O) groups is 2. The van der Waals surface area contributed by atoms with Gasteiger partial charge in [-0.05, 0) is 18.2 Å². The molecule has 0 radical (unpaired) electrons. The molecule has 1 aromatic carbocycles. The number of alkyl halides is 3. The third-order valence-corrected chi connectivity index (χ3v) is 3.78. The lowest BCUT2D eigenvalue weighted by Gasteiger charge is -2.09. The van der Waals surface area contributed by atoms with E-state index in [4.69, 9.17) is 21.5 Å². The topological polar surface area (TPSA) is 92.4 Å². The predicted molar refractivity (Wildman–Crippen MR) is 90.9 cm³/mol. The van der Waals surface area contributed by atoms with E-state index in [2.05, 4.69) is 4.98 Å². The Hall–Kier alpha value is -3.07. The molecule has 0 fully saturated rings. The number of carboxylic acids is 2. The summed E-state index contributed by atoms with van der Waals surface area (Å²) in [5.41, 5.74) is 1.90. The van der Waals surface area contributed by atoms with Crippen LogP contribution < -0.4 is 0 Å². The average Bonchev–Trinajstić information content (AvgIpc) is 2.96. The Morgan fingerprint density at radius 1 is 1.11 bits per heavy atom. The lowest BCUT2D eigenvalue weighted by atomic mass is 10.2. The monoisotopic (exact) mass is 400 g/mol. The van der Waals surface area contributed by atoms with Crippen molar-refractivity contribution in [3.8, 4) is 0 Å². The minimum absolute atomic E-state index is 0.242. The van der Waals surface area contributed by atoms with E-state index in [1.54, 1.807) is 22.9 Å². The maximum Gasteiger partial charge on any atom is 0.490 e. The van der Waals surface area contributed by atoms with E-state index in [-0.39, 0.29) is 5.69 Å². The highest BCUT2D eigenvalue weighted by molar-refractivity contribution is 6.30. The number of rotatable bonds is 3. The summed E-state index contributed by atoms with van der Waals surface area (Å²) >= 11 is 6.05. The Balaban J connectivity index is 0.000000321. The van der Waals surface area contributed by atoms with Gasteiger partial charge in [0.1, 0.15) is 10.8 Å². The van der Waals surface area contributed by atoms with Crippen LogP contribution >= 0.6 is 11.6 Å². The van der Waals surface area contributed by atoms with Crippen molar-refractivity contribution in [2.45, 2.75) is 12.7 Å². The second-order valence-corrected chi connectivity index (χ2v) is 5.59. The first-order valence-electron chi connectivity index (χ1n) is 7.32. The summed E-state index contributed by atoms with van der Waals surface area (Å²) in [6, 6.07) is 12.9. The molecule has 0 amide bonds. The van der Waals surface area contributed by atoms with Crippen LogP contribution in [0.1, 0.15) is 16.1 Å². The fraction of sp³-hybridized carbons (Fsp3) is 0.118. The van der Waals surface area contributed by atoms with Gasteiger partial charge in [-0.15, -0.1) is 0 Å². The Morgan fingerprint density at radius 2 is 1.74 bits per heavy atom. The molecule has 10 heteroatoms. The van der Waals surface area contributed by atoms with E-state index in [0.717, 1.165) is 16.5 Å². The lowest BCUT2D eigenvalue weighted by molar-refractivity contribution is -0.192. The number of benzene rings is 1. The van der Waals surface area contributed by atoms with Gasteiger partial charge in [-0.2, -0.15) is 13.2 Å². The van der Waals surface area contributed by atoms with Crippen LogP contribution in [0.3, 0.4) is 0 Å². The number of fused-ring (bicyclic) bond motifs is 1. The van der Waals surface area contributed by atoms with Crippen molar-refractivity contribution in [3.05, 3.63) is 65.1 Å². The van der Waals surface area contributed by atoms with Gasteiger partial charge in [0.15, 0.2) is 0 Å². The standard InChI is InChI=1S/C15H11ClN2O2.C2HF3O2/c16-14-11(5-3-7-17-14)9-18-12-6-2-1-4-10(12)8-13(18)15(19)20;3-2(4,5)1(6)7/h1-8H,9H2,(H,19,20);(H,6,7). The summed E-state index contributed by atoms with van der Waals surface area (Å²) in [5, 5.41) is 17.8. The van der Waals surface area contributed by atoms with Crippen molar-refractivity contribution >= 4 is 34.4 Å². The van der Waals surface area contributed by atoms with Gasteiger partial charge < -0.3 is 14.8 Å². The van der Waals surface area contributed by atoms with E-state index in [1.807, 2.05) is 30.3 Å². The number of carboxylic acid groups (broad SMARTS) is 2. The summed E-state index contributed by atoms with van der Waals surface area (Å²) in [6.45, 7) is 0.377. The number of hydrogen-bond acceptors (Lipinski definition) is 3. The van der Waals surface area contributed by atoms with Crippen LogP contribution in [0, 0.1) is 0 Å². The molecule has 3 aromatic rings. The van der Waals surface area contributed by atoms with Crippen LogP contribution in [-0.2, 0) is 11.3 Å². The highest BCUT2D eigenvalue weighted by Crippen LogP contribution is 2.23. The number of nitrogens with zero attached hydrogens (tertiary/aromatic N) is 2. The molecule has 0 aliphatic rings. The van der Waals surface area contributed by atoms with Crippen molar-refractivity contribution in [1.29, 1.82) is 0 Å². The molecule has 0 saturated carbocycles. The highest BCUT2D eigenvalue weighted by Gasteiger charge is 2.38. The predicted octanol–water partition coefficient (Wildman–Crippen LogP) is 4.07. The zero-order valence-electron chi connectivity index (χ0n) is 13.4. The SMILES string of the molecule is O=C(O)C(F)(F)F.O=C(O)c1cc2ccccc2n1Cc1cccnc1Cl. The smallest absolute Gasteiger partial charge is 0.477 e. The molecule has 27 heavy (non-hydrogen) atoms. The van der Waals surface area contributed by atoms with E-state index >= 15 is 0 Å². The molecule has 2 N–H and O–H groups in total. The van der Waals surface area contributed by atoms with Gasteiger partial charge in [0.05, 0.1) is 6.54 Å². The minimum Gasteiger partial charge on any atom is -0.477 e. The fourth-order valence-corrected chi connectivity index (χ4v) is 2.44. The molecule has 2 heterocycles. The Labute approximate surface area is 155 Å². The van der Waals surface area contributed by atoms with E-state index in [1.165, 1.54) is 0 Å². The number of para-hydroxylation sites is 1. The van der Waals surface area contributed by atoms with E-state index < -0.39 is 18.1 Å². The molecule has 0 bridgehead atoms. The maximum atomic E-state index is 11.4. The molecule has 2 aromatic heterocycles.